The van der Waals surface area contributed by atoms with Crippen LogP contribution in [-0.2, 0) is 9.59 Å². The third-order valence-corrected chi connectivity index (χ3v) is 3.88. The number of hydrogen-bond donors (Lipinski definition) is 1. The van der Waals surface area contributed by atoms with Gasteiger partial charge in [0.25, 0.3) is 5.91 Å². The van der Waals surface area contributed by atoms with Crippen LogP contribution in [0.15, 0.2) is 42.5 Å². The Hall–Kier alpha value is -2.24. The maximum Gasteiger partial charge on any atom is 0.265 e. The molecule has 118 valence electrons. The summed E-state index contributed by atoms with van der Waals surface area (Å²) in [5, 5.41) is 3.62. The first-order valence-corrected chi connectivity index (χ1v) is 7.57. The molecule has 2 aromatic rings. The van der Waals surface area contributed by atoms with Gasteiger partial charge in [0.05, 0.1) is 16.4 Å². The van der Waals surface area contributed by atoms with Crippen molar-refractivity contribution in [1.82, 2.24) is 0 Å². The first-order valence-electron chi connectivity index (χ1n) is 6.81. The van der Waals surface area contributed by atoms with E-state index in [4.69, 9.17) is 27.9 Å². The van der Waals surface area contributed by atoms with Crippen LogP contribution in [0.1, 0.15) is 0 Å². The third-order valence-electron chi connectivity index (χ3n) is 3.31. The smallest absolute Gasteiger partial charge is 0.265 e. The predicted octanol–water partition coefficient (Wildman–Crippen LogP) is 3.36. The first kappa shape index (κ1) is 15.6. The van der Waals surface area contributed by atoms with E-state index in [1.54, 1.807) is 42.5 Å². The van der Waals surface area contributed by atoms with E-state index >= 15 is 0 Å². The highest BCUT2D eigenvalue weighted by Gasteiger charge is 2.27. The van der Waals surface area contributed by atoms with Crippen LogP contribution in [0.25, 0.3) is 0 Å². The maximum absolute atomic E-state index is 12.2. The van der Waals surface area contributed by atoms with E-state index in [1.807, 2.05) is 0 Å². The average molecular weight is 351 g/mol. The molecule has 0 unspecified atom stereocenters. The van der Waals surface area contributed by atoms with Crippen LogP contribution in [-0.4, -0.2) is 25.0 Å². The highest BCUT2D eigenvalue weighted by atomic mass is 35.5. The van der Waals surface area contributed by atoms with E-state index < -0.39 is 0 Å². The van der Waals surface area contributed by atoms with Gasteiger partial charge in [0.15, 0.2) is 6.61 Å². The fraction of sp³-hybridized carbons (Fsp3) is 0.125. The van der Waals surface area contributed by atoms with Gasteiger partial charge in [0, 0.05) is 11.1 Å². The van der Waals surface area contributed by atoms with Crippen LogP contribution in [0.4, 0.5) is 11.4 Å². The number of nitrogens with zero attached hydrogens (tertiary/aromatic N) is 1. The molecule has 5 nitrogen and oxygen atoms in total. The van der Waals surface area contributed by atoms with Gasteiger partial charge in [0.2, 0.25) is 5.91 Å². The van der Waals surface area contributed by atoms with Crippen molar-refractivity contribution < 1.29 is 14.3 Å². The van der Waals surface area contributed by atoms with Gasteiger partial charge < -0.3 is 10.1 Å². The van der Waals surface area contributed by atoms with E-state index in [-0.39, 0.29) is 25.0 Å². The number of nitrogens with one attached hydrogen (secondary N) is 1. The number of halogens is 2. The van der Waals surface area contributed by atoms with E-state index in [0.717, 1.165) is 0 Å². The average Bonchev–Trinajstić information content (AvgIpc) is 2.52. The molecule has 0 aromatic heterocycles. The Labute approximate surface area is 142 Å². The number of carbonyl (C=O) groups excluding carboxylic acids is 2. The van der Waals surface area contributed by atoms with Gasteiger partial charge in [-0.1, -0.05) is 35.3 Å². The molecule has 0 saturated carbocycles. The summed E-state index contributed by atoms with van der Waals surface area (Å²) in [5.41, 5.74) is 1.01. The Kier molecular flexibility index (Phi) is 4.41. The van der Waals surface area contributed by atoms with Crippen molar-refractivity contribution in [2.75, 3.05) is 23.4 Å². The summed E-state index contributed by atoms with van der Waals surface area (Å²) in [6, 6.07) is 11.8. The number of para-hydroxylation sites is 1. The zero-order valence-electron chi connectivity index (χ0n) is 11.9. The van der Waals surface area contributed by atoms with Gasteiger partial charge in [-0.2, -0.15) is 0 Å². The van der Waals surface area contributed by atoms with Gasteiger partial charge in [-0.15, -0.1) is 0 Å². The Morgan fingerprint density at radius 3 is 2.78 bits per heavy atom. The van der Waals surface area contributed by atoms with Gasteiger partial charge in [-0.05, 0) is 24.3 Å². The van der Waals surface area contributed by atoms with Crippen LogP contribution in [0, 0.1) is 0 Å². The number of hydrogen-bond acceptors (Lipinski definition) is 3. The second-order valence-corrected chi connectivity index (χ2v) is 5.75. The van der Waals surface area contributed by atoms with E-state index in [1.165, 1.54) is 4.90 Å². The minimum atomic E-state index is -0.353. The van der Waals surface area contributed by atoms with Crippen molar-refractivity contribution in [2.24, 2.45) is 0 Å². The van der Waals surface area contributed by atoms with Crippen molar-refractivity contribution in [1.29, 1.82) is 0 Å². The fourth-order valence-corrected chi connectivity index (χ4v) is 2.59. The molecule has 3 rings (SSSR count). The number of benzene rings is 2. The Balaban J connectivity index is 1.78. The zero-order chi connectivity index (χ0) is 16.4. The quantitative estimate of drug-likeness (QED) is 0.923. The second kappa shape index (κ2) is 6.48. The van der Waals surface area contributed by atoms with Crippen molar-refractivity contribution in [3.8, 4) is 5.75 Å². The van der Waals surface area contributed by atoms with E-state index in [9.17, 15) is 9.59 Å². The van der Waals surface area contributed by atoms with E-state index in [2.05, 4.69) is 5.32 Å². The topological polar surface area (TPSA) is 58.6 Å². The fourth-order valence-electron chi connectivity index (χ4n) is 2.25. The van der Waals surface area contributed by atoms with Crippen molar-refractivity contribution >= 4 is 46.4 Å². The standard InChI is InChI=1S/C16H12Cl2N2O3/c17-10-5-6-13-14(7-10)23-9-16(22)20(13)8-15(21)19-12-4-2-1-3-11(12)18/h1-7H,8-9H2,(H,19,21). The maximum atomic E-state index is 12.2. The van der Waals surface area contributed by atoms with Crippen molar-refractivity contribution in [2.45, 2.75) is 0 Å². The predicted molar refractivity (Wildman–Crippen MR) is 89.4 cm³/mol. The summed E-state index contributed by atoms with van der Waals surface area (Å²) in [6.45, 7) is -0.269. The Morgan fingerprint density at radius 1 is 1.22 bits per heavy atom. The molecular weight excluding hydrogens is 339 g/mol. The molecule has 2 amide bonds. The highest BCUT2D eigenvalue weighted by molar-refractivity contribution is 6.33. The molecule has 0 spiro atoms. The molecular formula is C16H12Cl2N2O3. The summed E-state index contributed by atoms with van der Waals surface area (Å²) in [5.74, 6) is -0.175. The molecule has 0 atom stereocenters. The summed E-state index contributed by atoms with van der Waals surface area (Å²) in [6.07, 6.45) is 0. The Morgan fingerprint density at radius 2 is 2.00 bits per heavy atom. The summed E-state index contributed by atoms with van der Waals surface area (Å²) < 4.78 is 5.34. The minimum Gasteiger partial charge on any atom is -0.482 e. The number of ether oxygens (including phenoxy) is 1. The van der Waals surface area contributed by atoms with Gasteiger partial charge in [-0.25, -0.2) is 0 Å². The molecule has 1 aliphatic rings. The monoisotopic (exact) mass is 350 g/mol. The SMILES string of the molecule is O=C(CN1C(=O)COc2cc(Cl)ccc21)Nc1ccccc1Cl. The molecule has 0 aliphatic carbocycles. The molecule has 1 aliphatic heterocycles. The van der Waals surface area contributed by atoms with Crippen LogP contribution in [0.2, 0.25) is 10.0 Å². The lowest BCUT2D eigenvalue weighted by molar-refractivity contribution is -0.123. The number of anilines is 2. The molecule has 1 N–H and O–H groups in total. The van der Waals surface area contributed by atoms with Crippen LogP contribution in [0.3, 0.4) is 0 Å². The highest BCUT2D eigenvalue weighted by Crippen LogP contribution is 2.34. The Bertz CT molecular complexity index is 780. The van der Waals surface area contributed by atoms with Crippen LogP contribution < -0.4 is 15.0 Å². The van der Waals surface area contributed by atoms with Gasteiger partial charge in [-0.3, -0.25) is 14.5 Å². The van der Waals surface area contributed by atoms with E-state index in [0.29, 0.717) is 27.2 Å². The lowest BCUT2D eigenvalue weighted by Crippen LogP contribution is -2.43. The molecule has 0 bridgehead atoms. The third kappa shape index (κ3) is 3.41. The lowest BCUT2D eigenvalue weighted by atomic mass is 10.2. The number of amides is 2. The molecule has 0 fully saturated rings. The molecule has 0 saturated heterocycles. The number of fused-ring (bicyclic) bond motifs is 1. The van der Waals surface area contributed by atoms with Crippen LogP contribution in [0.5, 0.6) is 5.75 Å². The summed E-state index contributed by atoms with van der Waals surface area (Å²) in [4.78, 5) is 25.6. The molecule has 0 radical (unpaired) electrons. The van der Waals surface area contributed by atoms with Crippen molar-refractivity contribution in [3.63, 3.8) is 0 Å². The second-order valence-electron chi connectivity index (χ2n) is 4.91. The number of carbonyl (C=O) groups is 2. The van der Waals surface area contributed by atoms with Crippen molar-refractivity contribution in [3.05, 3.63) is 52.5 Å². The summed E-state index contributed by atoms with van der Waals surface area (Å²) in [7, 11) is 0. The largest absolute Gasteiger partial charge is 0.482 e. The molecule has 23 heavy (non-hydrogen) atoms. The first-order chi connectivity index (χ1) is 11.0. The molecule has 2 aromatic carbocycles. The lowest BCUT2D eigenvalue weighted by Gasteiger charge is -2.29. The van der Waals surface area contributed by atoms with Gasteiger partial charge >= 0.3 is 0 Å². The zero-order valence-corrected chi connectivity index (χ0v) is 13.4. The number of rotatable bonds is 3. The molecule has 1 heterocycles. The normalized spacial score (nSPS) is 13.3. The molecule has 7 heteroatoms. The van der Waals surface area contributed by atoms with Gasteiger partial charge in [0.1, 0.15) is 12.3 Å². The summed E-state index contributed by atoms with van der Waals surface area (Å²) >= 11 is 11.9. The van der Waals surface area contributed by atoms with Crippen LogP contribution >= 0.6 is 23.2 Å². The minimum absolute atomic E-state index is 0.132.